The second-order valence-corrected chi connectivity index (χ2v) is 8.13. The van der Waals surface area contributed by atoms with Crippen molar-refractivity contribution in [3.05, 3.63) is 60.0 Å². The van der Waals surface area contributed by atoms with Gasteiger partial charge in [-0.05, 0) is 17.7 Å². The molecule has 0 aliphatic carbocycles. The number of fused-ring (bicyclic) bond motifs is 1. The van der Waals surface area contributed by atoms with Crippen LogP contribution in [0.2, 0.25) is 0 Å². The fraction of sp³-hybridized carbons (Fsp3) is 0.409. The van der Waals surface area contributed by atoms with Crippen molar-refractivity contribution in [1.29, 1.82) is 0 Å². The number of hydrogen-bond donors (Lipinski definition) is 0. The molecule has 2 amide bonds. The van der Waals surface area contributed by atoms with Crippen molar-refractivity contribution < 1.29 is 23.6 Å². The highest BCUT2D eigenvalue weighted by Crippen LogP contribution is 2.52. The molecule has 2 saturated heterocycles. The quantitative estimate of drug-likeness (QED) is 0.674. The van der Waals surface area contributed by atoms with E-state index in [1.165, 1.54) is 6.26 Å². The van der Waals surface area contributed by atoms with E-state index in [0.717, 1.165) is 11.3 Å². The summed E-state index contributed by atoms with van der Waals surface area (Å²) >= 11 is 0. The Morgan fingerprint density at radius 1 is 1.40 bits per heavy atom. The third-order valence-electron chi connectivity index (χ3n) is 6.24. The third-order valence-corrected chi connectivity index (χ3v) is 6.24. The molecular weight excluding hydrogens is 386 g/mol. The van der Waals surface area contributed by atoms with Gasteiger partial charge >= 0.3 is 0 Å². The molecule has 3 aliphatic rings. The van der Waals surface area contributed by atoms with Crippen LogP contribution in [0.5, 0.6) is 5.75 Å². The van der Waals surface area contributed by atoms with Crippen molar-refractivity contribution >= 4 is 11.8 Å². The van der Waals surface area contributed by atoms with Crippen LogP contribution in [0.3, 0.4) is 0 Å². The highest BCUT2D eigenvalue weighted by molar-refractivity contribution is 5.93. The van der Waals surface area contributed by atoms with E-state index in [2.05, 4.69) is 5.16 Å². The monoisotopic (exact) mass is 409 g/mol. The van der Waals surface area contributed by atoms with Crippen molar-refractivity contribution in [2.45, 2.75) is 24.8 Å². The first kappa shape index (κ1) is 18.9. The summed E-state index contributed by atoms with van der Waals surface area (Å²) in [6.45, 7) is 1.22. The zero-order valence-electron chi connectivity index (χ0n) is 16.9. The zero-order chi connectivity index (χ0) is 20.9. The molecule has 4 atom stereocenters. The van der Waals surface area contributed by atoms with Crippen LogP contribution in [0.4, 0.5) is 0 Å². The number of ether oxygens (including phenoxy) is 2. The maximum atomic E-state index is 13.4. The van der Waals surface area contributed by atoms with Crippen LogP contribution in [-0.2, 0) is 27.4 Å². The predicted octanol–water partition coefficient (Wildman–Crippen LogP) is 1.62. The lowest BCUT2D eigenvalue weighted by Crippen LogP contribution is -2.44. The summed E-state index contributed by atoms with van der Waals surface area (Å²) in [5.74, 6) is -0.453. The van der Waals surface area contributed by atoms with Gasteiger partial charge in [-0.25, -0.2) is 0 Å². The number of hydrogen-bond acceptors (Lipinski definition) is 6. The van der Waals surface area contributed by atoms with Gasteiger partial charge in [-0.3, -0.25) is 9.59 Å². The Hall–Kier alpha value is -3.13. The number of carbonyl (C=O) groups is 2. The van der Waals surface area contributed by atoms with E-state index in [1.807, 2.05) is 36.4 Å². The first-order valence-corrected chi connectivity index (χ1v) is 9.94. The SMILES string of the molecule is COc1cccc(CN2C[C@]34C=C[C@H](O3)[C@@H](C(=O)N(C)Cc3ccon3)[C@@H]4C2=O)c1. The normalized spacial score (nSPS) is 28.8. The molecule has 1 spiro atoms. The Kier molecular flexibility index (Phi) is 4.39. The van der Waals surface area contributed by atoms with Gasteiger partial charge in [-0.1, -0.05) is 29.4 Å². The van der Waals surface area contributed by atoms with E-state index >= 15 is 0 Å². The Bertz CT molecular complexity index is 1000. The van der Waals surface area contributed by atoms with Crippen LogP contribution in [-0.4, -0.2) is 59.2 Å². The second kappa shape index (κ2) is 6.98. The summed E-state index contributed by atoms with van der Waals surface area (Å²) in [6, 6.07) is 9.38. The summed E-state index contributed by atoms with van der Waals surface area (Å²) in [7, 11) is 3.33. The van der Waals surface area contributed by atoms with E-state index in [-0.39, 0.29) is 17.9 Å². The highest BCUT2D eigenvalue weighted by atomic mass is 16.5. The van der Waals surface area contributed by atoms with Gasteiger partial charge in [0.1, 0.15) is 23.3 Å². The van der Waals surface area contributed by atoms with Crippen molar-refractivity contribution in [1.82, 2.24) is 15.0 Å². The number of rotatable bonds is 6. The molecule has 0 saturated carbocycles. The number of carbonyl (C=O) groups excluding carboxylic acids is 2. The van der Waals surface area contributed by atoms with Crippen LogP contribution in [0.15, 0.2) is 53.3 Å². The van der Waals surface area contributed by atoms with Crippen molar-refractivity contribution in [2.24, 2.45) is 11.8 Å². The smallest absolute Gasteiger partial charge is 0.230 e. The maximum Gasteiger partial charge on any atom is 0.230 e. The van der Waals surface area contributed by atoms with Crippen molar-refractivity contribution in [3.8, 4) is 5.75 Å². The average molecular weight is 409 g/mol. The van der Waals surface area contributed by atoms with Gasteiger partial charge in [0.2, 0.25) is 11.8 Å². The van der Waals surface area contributed by atoms with Gasteiger partial charge in [-0.15, -0.1) is 0 Å². The number of amides is 2. The van der Waals surface area contributed by atoms with Gasteiger partial charge in [0.25, 0.3) is 0 Å². The fourth-order valence-corrected chi connectivity index (χ4v) is 4.88. The van der Waals surface area contributed by atoms with E-state index in [9.17, 15) is 9.59 Å². The van der Waals surface area contributed by atoms with Gasteiger partial charge in [0.05, 0.1) is 38.1 Å². The van der Waals surface area contributed by atoms with Crippen LogP contribution < -0.4 is 4.74 Å². The topological polar surface area (TPSA) is 85.1 Å². The minimum absolute atomic E-state index is 0.0437. The molecule has 8 nitrogen and oxygen atoms in total. The molecule has 2 aromatic rings. The Morgan fingerprint density at radius 2 is 2.27 bits per heavy atom. The molecule has 0 unspecified atom stereocenters. The third kappa shape index (κ3) is 2.90. The van der Waals surface area contributed by atoms with Crippen LogP contribution >= 0.6 is 0 Å². The van der Waals surface area contributed by atoms with Crippen molar-refractivity contribution in [3.63, 3.8) is 0 Å². The average Bonchev–Trinajstić information content (AvgIpc) is 3.51. The van der Waals surface area contributed by atoms with Crippen molar-refractivity contribution in [2.75, 3.05) is 20.7 Å². The summed E-state index contributed by atoms with van der Waals surface area (Å²) in [5.41, 5.74) is 0.913. The maximum absolute atomic E-state index is 13.4. The molecule has 0 radical (unpaired) electrons. The Labute approximate surface area is 174 Å². The van der Waals surface area contributed by atoms with Gasteiger partial charge in [0.15, 0.2) is 0 Å². The first-order valence-electron chi connectivity index (χ1n) is 9.94. The molecule has 8 heteroatoms. The molecule has 1 aromatic heterocycles. The molecule has 4 heterocycles. The number of methoxy groups -OCH3 is 1. The van der Waals surface area contributed by atoms with E-state index in [0.29, 0.717) is 25.3 Å². The zero-order valence-corrected chi connectivity index (χ0v) is 16.9. The molecule has 30 heavy (non-hydrogen) atoms. The lowest BCUT2D eigenvalue weighted by atomic mass is 9.76. The molecule has 3 aliphatic heterocycles. The molecule has 1 aromatic carbocycles. The molecule has 2 bridgehead atoms. The summed E-state index contributed by atoms with van der Waals surface area (Å²) in [4.78, 5) is 30.0. The van der Waals surface area contributed by atoms with Gasteiger partial charge < -0.3 is 23.8 Å². The molecule has 156 valence electrons. The van der Waals surface area contributed by atoms with E-state index in [1.54, 1.807) is 30.0 Å². The lowest BCUT2D eigenvalue weighted by Gasteiger charge is -2.27. The summed E-state index contributed by atoms with van der Waals surface area (Å²) < 4.78 is 16.3. The number of aromatic nitrogens is 1. The largest absolute Gasteiger partial charge is 0.497 e. The highest BCUT2D eigenvalue weighted by Gasteiger charge is 2.67. The van der Waals surface area contributed by atoms with Crippen LogP contribution in [0.25, 0.3) is 0 Å². The number of nitrogens with zero attached hydrogens (tertiary/aromatic N) is 3. The Morgan fingerprint density at radius 3 is 3.03 bits per heavy atom. The molecule has 2 fully saturated rings. The van der Waals surface area contributed by atoms with E-state index < -0.39 is 17.4 Å². The predicted molar refractivity (Wildman–Crippen MR) is 105 cm³/mol. The van der Waals surface area contributed by atoms with E-state index in [4.69, 9.17) is 14.0 Å². The van der Waals surface area contributed by atoms with Gasteiger partial charge in [-0.2, -0.15) is 0 Å². The van der Waals surface area contributed by atoms with Crippen LogP contribution in [0, 0.1) is 11.8 Å². The second-order valence-electron chi connectivity index (χ2n) is 8.13. The summed E-state index contributed by atoms with van der Waals surface area (Å²) in [6.07, 6.45) is 4.99. The minimum atomic E-state index is -0.727. The molecule has 0 N–H and O–H groups in total. The number of benzene rings is 1. The fourth-order valence-electron chi connectivity index (χ4n) is 4.88. The minimum Gasteiger partial charge on any atom is -0.497 e. The van der Waals surface area contributed by atoms with Crippen LogP contribution in [0.1, 0.15) is 11.3 Å². The van der Waals surface area contributed by atoms with Gasteiger partial charge in [0, 0.05) is 19.7 Å². The molecular formula is C22H23N3O5. The number of likely N-dealkylation sites (tertiary alicyclic amines) is 1. The standard InChI is InChI=1S/C22H23N3O5/c1-24(12-15-7-9-29-23-15)20(26)18-17-6-8-22(30-17)13-25(21(27)19(18)22)11-14-4-3-5-16(10-14)28-2/h3-10,17-19H,11-13H2,1-2H3/t17-,18+,19+,22-/m0/s1. The lowest BCUT2D eigenvalue weighted by molar-refractivity contribution is -0.143. The molecule has 5 rings (SSSR count). The Balaban J connectivity index is 1.36. The first-order chi connectivity index (χ1) is 14.5. The summed E-state index contributed by atoms with van der Waals surface area (Å²) in [5, 5.41) is 3.87.